The number of para-hydroxylation sites is 6. The van der Waals surface area contributed by atoms with Gasteiger partial charge in [-0.15, -0.1) is 0 Å². The lowest BCUT2D eigenvalue weighted by Crippen LogP contribution is -2.59. The van der Waals surface area contributed by atoms with Gasteiger partial charge in [0.2, 0.25) is 0 Å². The highest BCUT2D eigenvalue weighted by Crippen LogP contribution is 2.52. The molecule has 0 N–H and O–H groups in total. The third-order valence-electron chi connectivity index (χ3n) is 10.7. The molecular formula is C42H24BN3S. The summed E-state index contributed by atoms with van der Waals surface area (Å²) < 4.78 is 5.12. The van der Waals surface area contributed by atoms with Crippen LogP contribution in [0.3, 0.4) is 0 Å². The van der Waals surface area contributed by atoms with Crippen LogP contribution in [0, 0.1) is 0 Å². The van der Waals surface area contributed by atoms with Gasteiger partial charge >= 0.3 is 0 Å². The third-order valence-corrected chi connectivity index (χ3v) is 11.8. The van der Waals surface area contributed by atoms with E-state index in [1.165, 1.54) is 98.2 Å². The van der Waals surface area contributed by atoms with Crippen molar-refractivity contribution in [3.8, 4) is 11.4 Å². The molecule has 3 aliphatic heterocycles. The fourth-order valence-corrected chi connectivity index (χ4v) is 9.98. The number of rotatable bonds is 1. The van der Waals surface area contributed by atoms with Crippen molar-refractivity contribution in [3.05, 3.63) is 146 Å². The summed E-state index contributed by atoms with van der Waals surface area (Å²) in [6.45, 7) is 0.131. The van der Waals surface area contributed by atoms with E-state index in [9.17, 15) is 0 Å². The van der Waals surface area contributed by atoms with E-state index in [1.54, 1.807) is 0 Å². The fraction of sp³-hybridized carbons (Fsp3) is 0. The molecule has 3 aliphatic rings. The van der Waals surface area contributed by atoms with E-state index in [0.717, 1.165) is 0 Å². The quantitative estimate of drug-likeness (QED) is 0.172. The molecule has 12 rings (SSSR count). The monoisotopic (exact) mass is 613 g/mol. The van der Waals surface area contributed by atoms with Gasteiger partial charge in [-0.2, -0.15) is 0 Å². The molecule has 0 radical (unpaired) electrons. The van der Waals surface area contributed by atoms with Crippen LogP contribution in [0.5, 0.6) is 0 Å². The maximum atomic E-state index is 2.56. The Kier molecular flexibility index (Phi) is 4.48. The molecule has 5 heteroatoms. The van der Waals surface area contributed by atoms with E-state index >= 15 is 0 Å². The summed E-state index contributed by atoms with van der Waals surface area (Å²) in [5.41, 5.74) is 15.4. The Morgan fingerprint density at radius 1 is 0.426 bits per heavy atom. The van der Waals surface area contributed by atoms with Crippen molar-refractivity contribution in [2.24, 2.45) is 0 Å². The molecule has 0 atom stereocenters. The molecule has 0 spiro atoms. The highest BCUT2D eigenvalue weighted by molar-refractivity contribution is 7.99. The highest BCUT2D eigenvalue weighted by Gasteiger charge is 2.41. The second-order valence-corrected chi connectivity index (χ2v) is 14.0. The molecule has 0 bridgehead atoms. The predicted molar refractivity (Wildman–Crippen MR) is 199 cm³/mol. The first-order chi connectivity index (χ1) is 23.3. The van der Waals surface area contributed by atoms with Crippen LogP contribution in [0.2, 0.25) is 0 Å². The largest absolute Gasteiger partial charge is 0.310 e. The smallest absolute Gasteiger partial charge is 0.252 e. The van der Waals surface area contributed by atoms with Crippen LogP contribution in [0.1, 0.15) is 0 Å². The lowest BCUT2D eigenvalue weighted by molar-refractivity contribution is 1.12. The molecule has 0 saturated heterocycles. The molecule has 47 heavy (non-hydrogen) atoms. The SMILES string of the molecule is c1ccc2c(c1)Sc1ccccc1N2c1cc2c3c(c1)-n1c4ccccc4c4cccc(c41)B3c1cccc3c4ccccc4n-2c13. The van der Waals surface area contributed by atoms with Crippen molar-refractivity contribution in [2.75, 3.05) is 4.90 Å². The van der Waals surface area contributed by atoms with Gasteiger partial charge in [-0.25, -0.2) is 0 Å². The average Bonchev–Trinajstić information content (AvgIpc) is 3.65. The van der Waals surface area contributed by atoms with Crippen LogP contribution in [0.4, 0.5) is 17.1 Å². The summed E-state index contributed by atoms with van der Waals surface area (Å²) in [4.78, 5) is 5.03. The van der Waals surface area contributed by atoms with E-state index in [0.29, 0.717) is 0 Å². The maximum Gasteiger partial charge on any atom is 0.252 e. The Hall–Kier alpha value is -5.65. The van der Waals surface area contributed by atoms with Gasteiger partial charge < -0.3 is 14.0 Å². The maximum absolute atomic E-state index is 2.56. The lowest BCUT2D eigenvalue weighted by atomic mass is 9.34. The molecule has 216 valence electrons. The second kappa shape index (κ2) is 8.58. The standard InChI is InChI=1S/C42H24BN3S/c1-3-17-32-26(11-1)28-13-9-15-30-41(28)45(32)36-23-25(44-34-19-5-7-21-38(34)47-39-22-8-6-20-35(39)44)24-37-40(36)43(30)31-16-10-14-29-27-12-2-4-18-33(27)46(37)42(29)31/h1-24H. The second-order valence-electron chi connectivity index (χ2n) is 12.9. The first-order valence-corrected chi connectivity index (χ1v) is 17.1. The Morgan fingerprint density at radius 2 is 0.894 bits per heavy atom. The van der Waals surface area contributed by atoms with Gasteiger partial charge in [0.05, 0.1) is 28.1 Å². The minimum atomic E-state index is 0.131. The summed E-state index contributed by atoms with van der Waals surface area (Å²) in [5, 5.41) is 5.24. The van der Waals surface area contributed by atoms with Crippen LogP contribution < -0.4 is 21.3 Å². The average molecular weight is 614 g/mol. The van der Waals surface area contributed by atoms with Crippen molar-refractivity contribution >= 4 is 95.5 Å². The van der Waals surface area contributed by atoms with Crippen LogP contribution in [-0.2, 0) is 0 Å². The molecule has 0 unspecified atom stereocenters. The molecule has 3 nitrogen and oxygen atoms in total. The van der Waals surface area contributed by atoms with Gasteiger partial charge in [0.15, 0.2) is 0 Å². The molecule has 0 amide bonds. The minimum Gasteiger partial charge on any atom is -0.310 e. The molecule has 2 aromatic heterocycles. The predicted octanol–water partition coefficient (Wildman–Crippen LogP) is 8.96. The van der Waals surface area contributed by atoms with Crippen molar-refractivity contribution in [3.63, 3.8) is 0 Å². The zero-order valence-electron chi connectivity index (χ0n) is 25.2. The Balaban J connectivity index is 1.30. The zero-order valence-corrected chi connectivity index (χ0v) is 26.0. The molecule has 0 aliphatic carbocycles. The topological polar surface area (TPSA) is 13.1 Å². The van der Waals surface area contributed by atoms with Crippen molar-refractivity contribution in [1.29, 1.82) is 0 Å². The Morgan fingerprint density at radius 3 is 1.45 bits per heavy atom. The number of anilines is 3. The number of fused-ring (bicyclic) bond motifs is 12. The van der Waals surface area contributed by atoms with Gasteiger partial charge in [-0.3, -0.25) is 0 Å². The van der Waals surface area contributed by atoms with E-state index in [2.05, 4.69) is 160 Å². The summed E-state index contributed by atoms with van der Waals surface area (Å²) in [6.07, 6.45) is 0. The zero-order chi connectivity index (χ0) is 30.4. The number of benzene rings is 7. The van der Waals surface area contributed by atoms with Gasteiger partial charge in [-0.1, -0.05) is 109 Å². The lowest BCUT2D eigenvalue weighted by Gasteiger charge is -2.37. The number of aromatic nitrogens is 2. The first-order valence-electron chi connectivity index (χ1n) is 16.2. The summed E-state index contributed by atoms with van der Waals surface area (Å²) in [6, 6.07) is 54.3. The van der Waals surface area contributed by atoms with Crippen LogP contribution >= 0.6 is 11.8 Å². The van der Waals surface area contributed by atoms with E-state index < -0.39 is 0 Å². The number of nitrogens with zero attached hydrogens (tertiary/aromatic N) is 3. The number of hydrogen-bond donors (Lipinski definition) is 0. The van der Waals surface area contributed by atoms with Crippen molar-refractivity contribution in [2.45, 2.75) is 9.79 Å². The van der Waals surface area contributed by atoms with E-state index in [-0.39, 0.29) is 6.71 Å². The highest BCUT2D eigenvalue weighted by atomic mass is 32.2. The Bertz CT molecular complexity index is 2670. The van der Waals surface area contributed by atoms with Crippen molar-refractivity contribution in [1.82, 2.24) is 9.13 Å². The molecule has 9 aromatic rings. The molecule has 0 saturated carbocycles. The summed E-state index contributed by atoms with van der Waals surface area (Å²) in [5.74, 6) is 0. The fourth-order valence-electron chi connectivity index (χ4n) is 8.92. The summed E-state index contributed by atoms with van der Waals surface area (Å²) >= 11 is 1.86. The van der Waals surface area contributed by atoms with Gasteiger partial charge in [-0.05, 0) is 64.9 Å². The van der Waals surface area contributed by atoms with E-state index in [4.69, 9.17) is 0 Å². The van der Waals surface area contributed by atoms with Crippen molar-refractivity contribution < 1.29 is 0 Å². The van der Waals surface area contributed by atoms with E-state index in [1.807, 2.05) is 11.8 Å². The minimum absolute atomic E-state index is 0.131. The van der Waals surface area contributed by atoms with Crippen LogP contribution in [0.15, 0.2) is 155 Å². The third kappa shape index (κ3) is 2.93. The molecular weight excluding hydrogens is 589 g/mol. The normalized spacial score (nSPS) is 13.8. The van der Waals surface area contributed by atoms with Crippen LogP contribution in [0.25, 0.3) is 55.0 Å². The van der Waals surface area contributed by atoms with Gasteiger partial charge in [0.25, 0.3) is 6.71 Å². The summed E-state index contributed by atoms with van der Waals surface area (Å²) in [7, 11) is 0. The first kappa shape index (κ1) is 24.6. The molecule has 5 heterocycles. The van der Waals surface area contributed by atoms with Gasteiger partial charge in [0.1, 0.15) is 0 Å². The number of hydrogen-bond acceptors (Lipinski definition) is 2. The van der Waals surface area contributed by atoms with Gasteiger partial charge in [0, 0.05) is 53.7 Å². The van der Waals surface area contributed by atoms with Crippen LogP contribution in [-0.4, -0.2) is 15.8 Å². The molecule has 7 aromatic carbocycles. The Labute approximate surface area is 275 Å². The molecule has 0 fully saturated rings.